The van der Waals surface area contributed by atoms with Crippen molar-refractivity contribution < 1.29 is 38.2 Å². The molecule has 3 N–H and O–H groups in total. The molecular weight excluding hydrogens is 1150 g/mol. The zero-order valence-corrected chi connectivity index (χ0v) is 54.3. The molecule has 0 bridgehead atoms. The molecule has 3 heterocycles. The number of H-pyrrole nitrogens is 1. The summed E-state index contributed by atoms with van der Waals surface area (Å²) in [6, 6.07) is 0. The van der Waals surface area contributed by atoms with Crippen LogP contribution in [0.5, 0.6) is 0 Å². The molecule has 80 heavy (non-hydrogen) atoms. The zero-order valence-electron chi connectivity index (χ0n) is 51.1. The van der Waals surface area contributed by atoms with Crippen LogP contribution in [0.4, 0.5) is 5.82 Å². The Balaban J connectivity index is 0.000000336. The van der Waals surface area contributed by atoms with Gasteiger partial charge in [0.1, 0.15) is 22.7 Å². The smallest absolute Gasteiger partial charge is 0.343 e. The standard InChI is InChI=1S/C15H18BrN3O2.C11H18BrNO.C11H19NO.C9H22N2O.C8H14O.C6H9N3O2/c1-2-21-15(20)11-8-18-19-13(10-6-4-3-5-7-10)12(16)9-17-14(11)19;1-13(2)8-10(12)11(14)9-6-4-3-5-7-9;1-12(2)9-8-11(13)10-6-4-3-5-7-10;1-9(2,3)12-8(10(4)5)11(6)7;1-7(9)8-5-3-2-4-6-8;1-2-11-6(10)4-3-8-9-5(4)7/h8-10H,2-7H2,1H3;8-9H,3-7H2,1-2H3;8-10H,3-7H2,1-2H3;8H,1-7H3;8H,2-6H2,1H3;3H,2H2,1H3,(H3,7,8,9)/b;10-8-;9-8+;;;. The fraction of sp³-hybridized carbons (Fsp3) is 0.700. The Morgan fingerprint density at radius 1 is 0.700 bits per heavy atom. The summed E-state index contributed by atoms with van der Waals surface area (Å²) < 4.78 is 19.0. The Hall–Kier alpha value is -4.50. The van der Waals surface area contributed by atoms with Crippen LogP contribution in [0.3, 0.4) is 0 Å². The van der Waals surface area contributed by atoms with Crippen molar-refractivity contribution in [3.8, 4) is 0 Å². The molecule has 4 saturated carbocycles. The van der Waals surface area contributed by atoms with Crippen LogP contribution < -0.4 is 5.73 Å². The SMILES string of the molecule is CC(=O)C1CCCCC1.CCOC(=O)c1cn[nH]c1N.CCOC(=O)c1cnn2c(C3CCCCC3)c(Br)cnc12.CN(C)/C=C(\Br)C(=O)C1CCCCC1.CN(C)/C=C/C(=O)C1CCCCC1.CN(C)C(OC(C)(C)C)N(C)C. The molecule has 0 amide bonds. The van der Waals surface area contributed by atoms with Crippen molar-refractivity contribution in [3.63, 3.8) is 0 Å². The van der Waals surface area contributed by atoms with Gasteiger partial charge < -0.3 is 29.7 Å². The number of aromatic nitrogens is 5. The fourth-order valence-electron chi connectivity index (χ4n) is 9.79. The minimum absolute atomic E-state index is 0.0463. The number of carbonyl (C=O) groups excluding carboxylic acids is 5. The van der Waals surface area contributed by atoms with Gasteiger partial charge in [-0.2, -0.15) is 10.2 Å². The van der Waals surface area contributed by atoms with Crippen LogP contribution in [0, 0.1) is 17.8 Å². The first kappa shape index (κ1) is 71.6. The minimum atomic E-state index is -0.446. The van der Waals surface area contributed by atoms with Crippen molar-refractivity contribution in [2.45, 2.75) is 188 Å². The van der Waals surface area contributed by atoms with E-state index in [4.69, 9.17) is 15.2 Å². The van der Waals surface area contributed by atoms with E-state index in [0.29, 0.717) is 53.7 Å². The van der Waals surface area contributed by atoms with Gasteiger partial charge in [-0.25, -0.2) is 19.1 Å². The van der Waals surface area contributed by atoms with E-state index in [-0.39, 0.29) is 41.0 Å². The monoisotopic (exact) mass is 1250 g/mol. The molecule has 0 aromatic carbocycles. The molecule has 3 aromatic heterocycles. The van der Waals surface area contributed by atoms with Gasteiger partial charge >= 0.3 is 11.9 Å². The predicted octanol–water partition coefficient (Wildman–Crippen LogP) is 12.4. The lowest BCUT2D eigenvalue weighted by molar-refractivity contribution is -0.179. The third-order valence-corrected chi connectivity index (χ3v) is 15.0. The number of rotatable bonds is 15. The first-order valence-electron chi connectivity index (χ1n) is 29.0. The lowest BCUT2D eigenvalue weighted by Crippen LogP contribution is -2.46. The molecule has 0 atom stereocenters. The highest BCUT2D eigenvalue weighted by Gasteiger charge is 2.26. The number of allylic oxidation sites excluding steroid dienone is 2. The average molecular weight is 1250 g/mol. The van der Waals surface area contributed by atoms with Gasteiger partial charge in [0.05, 0.1) is 45.9 Å². The number of nitrogen functional groups attached to an aromatic ring is 1. The molecule has 4 aliphatic rings. The van der Waals surface area contributed by atoms with Gasteiger partial charge in [0, 0.05) is 70.5 Å². The van der Waals surface area contributed by atoms with E-state index >= 15 is 0 Å². The second-order valence-electron chi connectivity index (χ2n) is 22.8. The summed E-state index contributed by atoms with van der Waals surface area (Å²) in [5.41, 5.74) is 7.67. The second-order valence-corrected chi connectivity index (χ2v) is 24.6. The number of halogens is 2. The van der Waals surface area contributed by atoms with E-state index in [9.17, 15) is 24.0 Å². The van der Waals surface area contributed by atoms with Crippen LogP contribution >= 0.6 is 31.9 Å². The third-order valence-electron chi connectivity index (χ3n) is 13.8. The van der Waals surface area contributed by atoms with Gasteiger partial charge in [-0.1, -0.05) is 77.0 Å². The van der Waals surface area contributed by atoms with Crippen LogP contribution in [0.2, 0.25) is 0 Å². The molecule has 0 saturated heterocycles. The van der Waals surface area contributed by atoms with E-state index in [0.717, 1.165) is 66.0 Å². The van der Waals surface area contributed by atoms with E-state index < -0.39 is 5.97 Å². The fourth-order valence-corrected chi connectivity index (χ4v) is 11.1. The maximum Gasteiger partial charge on any atom is 0.343 e. The number of ketones is 3. The number of fused-ring (bicyclic) bond motifs is 1. The van der Waals surface area contributed by atoms with Gasteiger partial charge in [-0.15, -0.1) is 0 Å². The first-order chi connectivity index (χ1) is 37.8. The molecular formula is C60H100Br2N10O8. The lowest BCUT2D eigenvalue weighted by Gasteiger charge is -2.35. The summed E-state index contributed by atoms with van der Waals surface area (Å²) in [6.07, 6.45) is 34.2. The van der Waals surface area contributed by atoms with Crippen molar-refractivity contribution in [1.29, 1.82) is 0 Å². The van der Waals surface area contributed by atoms with E-state index in [1.807, 2.05) is 88.4 Å². The molecule has 4 fully saturated rings. The van der Waals surface area contributed by atoms with Crippen molar-refractivity contribution in [2.75, 3.05) is 75.3 Å². The number of esters is 2. The summed E-state index contributed by atoms with van der Waals surface area (Å²) in [4.78, 5) is 69.5. The maximum atomic E-state index is 12.0. The zero-order chi connectivity index (χ0) is 60.0. The van der Waals surface area contributed by atoms with Crippen molar-refractivity contribution in [1.82, 2.24) is 44.4 Å². The topological polar surface area (TPSA) is 211 Å². The highest BCUT2D eigenvalue weighted by molar-refractivity contribution is 9.12. The van der Waals surface area contributed by atoms with Crippen LogP contribution in [-0.4, -0.2) is 155 Å². The number of ether oxygens (including phenoxy) is 3. The Bertz CT molecular complexity index is 2340. The number of nitrogens with one attached hydrogen (secondary N) is 1. The Labute approximate surface area is 496 Å². The number of Topliss-reactive ketones (excluding diaryl/α,β-unsaturated/α-hetero) is 2. The van der Waals surface area contributed by atoms with E-state index in [2.05, 4.69) is 77.6 Å². The van der Waals surface area contributed by atoms with Crippen LogP contribution in [0.25, 0.3) is 5.65 Å². The molecule has 0 radical (unpaired) electrons. The number of nitrogens with zero attached hydrogens (tertiary/aromatic N) is 8. The maximum absolute atomic E-state index is 12.0. The summed E-state index contributed by atoms with van der Waals surface area (Å²) in [7, 11) is 15.8. The molecule has 0 spiro atoms. The summed E-state index contributed by atoms with van der Waals surface area (Å²) in [5.74, 6) is 1.87. The number of hydrogen-bond acceptors (Lipinski definition) is 16. The van der Waals surface area contributed by atoms with Crippen LogP contribution in [-0.2, 0) is 28.6 Å². The molecule has 20 heteroatoms. The van der Waals surface area contributed by atoms with Gasteiger partial charge in [0.25, 0.3) is 0 Å². The molecule has 0 unspecified atom stereocenters. The molecule has 7 rings (SSSR count). The average Bonchev–Trinajstić information content (AvgIpc) is 4.07. The molecule has 4 aliphatic carbocycles. The van der Waals surface area contributed by atoms with Crippen LogP contribution in [0.1, 0.15) is 202 Å². The molecule has 18 nitrogen and oxygen atoms in total. The first-order valence-corrected chi connectivity index (χ1v) is 30.5. The number of nitrogens with two attached hydrogens (primary N) is 1. The second kappa shape index (κ2) is 38.3. The highest BCUT2D eigenvalue weighted by atomic mass is 79.9. The van der Waals surface area contributed by atoms with Crippen molar-refractivity contribution in [2.24, 2.45) is 17.8 Å². The number of hydrogen-bond donors (Lipinski definition) is 2. The van der Waals surface area contributed by atoms with Crippen molar-refractivity contribution in [3.05, 3.63) is 62.8 Å². The largest absolute Gasteiger partial charge is 0.462 e. The molecule has 3 aromatic rings. The van der Waals surface area contributed by atoms with E-state index in [1.165, 1.54) is 83.2 Å². The summed E-state index contributed by atoms with van der Waals surface area (Å²) in [5, 5.41) is 10.4. The van der Waals surface area contributed by atoms with Crippen LogP contribution in [0.15, 0.2) is 46.0 Å². The van der Waals surface area contributed by atoms with Gasteiger partial charge in [0.2, 0.25) is 0 Å². The number of aromatic amines is 1. The number of carbonyl (C=O) groups is 5. The molecule has 0 aliphatic heterocycles. The Morgan fingerprint density at radius 2 is 1.18 bits per heavy atom. The quantitative estimate of drug-likeness (QED) is 0.0823. The van der Waals surface area contributed by atoms with Gasteiger partial charge in [-0.05, 0) is 159 Å². The number of anilines is 1. The van der Waals surface area contributed by atoms with Crippen molar-refractivity contribution >= 4 is 72.6 Å². The summed E-state index contributed by atoms with van der Waals surface area (Å²) in [6.45, 7) is 12.1. The third kappa shape index (κ3) is 27.1. The van der Waals surface area contributed by atoms with Gasteiger partial charge in [-0.3, -0.25) is 29.3 Å². The Kier molecular flexibility index (Phi) is 34.3. The predicted molar refractivity (Wildman–Crippen MR) is 327 cm³/mol. The molecule has 452 valence electrons. The normalized spacial score (nSPS) is 16.6. The van der Waals surface area contributed by atoms with Gasteiger partial charge in [0.15, 0.2) is 23.6 Å². The van der Waals surface area contributed by atoms with E-state index in [1.54, 1.807) is 43.8 Å². The summed E-state index contributed by atoms with van der Waals surface area (Å²) >= 11 is 6.94. The Morgan fingerprint density at radius 3 is 1.57 bits per heavy atom. The minimum Gasteiger partial charge on any atom is -0.462 e. The lowest BCUT2D eigenvalue weighted by atomic mass is 9.86. The highest BCUT2D eigenvalue weighted by Crippen LogP contribution is 2.37.